The minimum absolute atomic E-state index is 0.129. The maximum atomic E-state index is 12.6. The van der Waals surface area contributed by atoms with E-state index >= 15 is 0 Å². The Kier molecular flexibility index (Phi) is 7.64. The van der Waals surface area contributed by atoms with Gasteiger partial charge in [-0.3, -0.25) is 4.57 Å². The van der Waals surface area contributed by atoms with Crippen LogP contribution in [0.5, 0.6) is 0 Å². The number of anilines is 2. The first-order chi connectivity index (χ1) is 18.3. The largest absolute Gasteiger partial charge is 0.394 e. The van der Waals surface area contributed by atoms with Crippen molar-refractivity contribution in [1.29, 1.82) is 0 Å². The second-order valence-corrected chi connectivity index (χ2v) is 9.80. The van der Waals surface area contributed by atoms with Crippen molar-refractivity contribution in [3.05, 3.63) is 41.4 Å². The van der Waals surface area contributed by atoms with E-state index in [9.17, 15) is 20.1 Å². The predicted octanol–water partition coefficient (Wildman–Crippen LogP) is 1.36. The van der Waals surface area contributed by atoms with Crippen LogP contribution in [0.2, 0.25) is 5.02 Å². The molecule has 2 fully saturated rings. The van der Waals surface area contributed by atoms with Crippen LogP contribution in [0.4, 0.5) is 16.3 Å². The fourth-order valence-corrected chi connectivity index (χ4v) is 4.86. The number of ether oxygens (including phenoxy) is 1. The molecule has 2 aliphatic heterocycles. The third kappa shape index (κ3) is 5.38. The number of hydrogen-bond donors (Lipinski definition) is 5. The van der Waals surface area contributed by atoms with Crippen LogP contribution in [0, 0.1) is 17.8 Å². The molecule has 0 bridgehead atoms. The lowest BCUT2D eigenvalue weighted by Crippen LogP contribution is -2.41. The van der Waals surface area contributed by atoms with E-state index in [2.05, 4.69) is 32.1 Å². The number of aromatic nitrogens is 4. The van der Waals surface area contributed by atoms with Crippen LogP contribution < -0.4 is 11.1 Å². The zero-order valence-electron chi connectivity index (χ0n) is 20.4. The molecule has 5 rings (SSSR count). The van der Waals surface area contributed by atoms with E-state index in [1.807, 2.05) is 0 Å². The van der Waals surface area contributed by atoms with Crippen LogP contribution in [-0.4, -0.2) is 83.8 Å². The Morgan fingerprint density at radius 3 is 2.74 bits per heavy atom. The maximum absolute atomic E-state index is 12.6. The fourth-order valence-electron chi connectivity index (χ4n) is 4.67. The Morgan fingerprint density at radius 1 is 1.24 bits per heavy atom. The summed E-state index contributed by atoms with van der Waals surface area (Å²) in [4.78, 5) is 27.2. The molecule has 4 heterocycles. The van der Waals surface area contributed by atoms with Crippen LogP contribution in [0.15, 0.2) is 30.6 Å². The molecule has 2 unspecified atom stereocenters. The molecule has 4 atom stereocenters. The maximum Gasteiger partial charge on any atom is 0.321 e. The summed E-state index contributed by atoms with van der Waals surface area (Å²) < 4.78 is 7.04. The van der Waals surface area contributed by atoms with Gasteiger partial charge in [0.25, 0.3) is 0 Å². The van der Waals surface area contributed by atoms with Crippen LogP contribution >= 0.6 is 11.6 Å². The number of urea groups is 1. The lowest BCUT2D eigenvalue weighted by molar-refractivity contribution is -0.0511. The van der Waals surface area contributed by atoms with E-state index in [4.69, 9.17) is 22.1 Å². The third-order valence-corrected chi connectivity index (χ3v) is 7.04. The second-order valence-electron chi connectivity index (χ2n) is 9.36. The molecule has 6 N–H and O–H groups in total. The molecule has 200 valence electrons. The first-order valence-corrected chi connectivity index (χ1v) is 12.6. The quantitative estimate of drug-likeness (QED) is 0.306. The summed E-state index contributed by atoms with van der Waals surface area (Å²) in [7, 11) is 0. The number of nitrogens with zero attached hydrogens (tertiary/aromatic N) is 5. The Balaban J connectivity index is 1.21. The number of amides is 2. The van der Waals surface area contributed by atoms with E-state index < -0.39 is 31.1 Å². The summed E-state index contributed by atoms with van der Waals surface area (Å²) in [5.74, 6) is 6.72. The number of aliphatic hydroxyl groups is 3. The van der Waals surface area contributed by atoms with E-state index in [1.54, 1.807) is 29.2 Å². The number of likely N-dealkylation sites (tertiary alicyclic amines) is 1. The summed E-state index contributed by atoms with van der Waals surface area (Å²) in [6, 6.07) is 6.89. The van der Waals surface area contributed by atoms with Gasteiger partial charge in [-0.05, 0) is 42.9 Å². The fraction of sp³-hybridized carbons (Fsp3) is 0.440. The standard InChI is InChI=1S/C25H28ClN7O5/c26-15-4-2-5-16(11-15)29-25(37)32-9-7-14(8-10-32)3-1-6-18-30-22(27)19-23(31-18)33(13-28-19)24-21(36)20(35)17(12-34)38-24/h2,4-5,11,13-14,17,20-21,24,34-36H,3,7-10,12H2,(H,29,37)(H2,27,30,31)/t17?,20-,21-,24?/m0/s1. The lowest BCUT2D eigenvalue weighted by atomic mass is 9.94. The van der Waals surface area contributed by atoms with Gasteiger partial charge in [0.05, 0.1) is 12.9 Å². The van der Waals surface area contributed by atoms with Crippen molar-refractivity contribution in [1.82, 2.24) is 24.4 Å². The van der Waals surface area contributed by atoms with Crippen molar-refractivity contribution in [3.8, 4) is 11.8 Å². The van der Waals surface area contributed by atoms with Crippen LogP contribution in [-0.2, 0) is 4.74 Å². The van der Waals surface area contributed by atoms with Crippen molar-refractivity contribution in [3.63, 3.8) is 0 Å². The van der Waals surface area contributed by atoms with Crippen molar-refractivity contribution in [2.45, 2.75) is 43.8 Å². The number of fused-ring (bicyclic) bond motifs is 1. The molecule has 13 heteroatoms. The topological polar surface area (TPSA) is 172 Å². The molecule has 12 nitrogen and oxygen atoms in total. The molecule has 2 amide bonds. The van der Waals surface area contributed by atoms with Crippen LogP contribution in [0.3, 0.4) is 0 Å². The van der Waals surface area contributed by atoms with Gasteiger partial charge < -0.3 is 36.0 Å². The first kappa shape index (κ1) is 26.1. The summed E-state index contributed by atoms with van der Waals surface area (Å²) >= 11 is 5.99. The highest BCUT2D eigenvalue weighted by atomic mass is 35.5. The number of nitrogen functional groups attached to an aromatic ring is 1. The Hall–Kier alpha value is -3.47. The van der Waals surface area contributed by atoms with Gasteiger partial charge in [-0.1, -0.05) is 23.6 Å². The molecular formula is C25H28ClN7O5. The summed E-state index contributed by atoms with van der Waals surface area (Å²) in [5, 5.41) is 33.3. The molecule has 1 aromatic carbocycles. The number of rotatable bonds is 4. The number of benzene rings is 1. The van der Waals surface area contributed by atoms with E-state index in [1.165, 1.54) is 10.9 Å². The van der Waals surface area contributed by atoms with Gasteiger partial charge in [0.15, 0.2) is 17.7 Å². The van der Waals surface area contributed by atoms with Gasteiger partial charge in [-0.15, -0.1) is 0 Å². The zero-order chi connectivity index (χ0) is 26.8. The molecule has 2 saturated heterocycles. The molecule has 38 heavy (non-hydrogen) atoms. The van der Waals surface area contributed by atoms with Gasteiger partial charge in [0.2, 0.25) is 5.82 Å². The summed E-state index contributed by atoms with van der Waals surface area (Å²) in [6.45, 7) is 0.802. The van der Waals surface area contributed by atoms with Crippen molar-refractivity contribution >= 4 is 40.3 Å². The summed E-state index contributed by atoms with van der Waals surface area (Å²) in [6.07, 6.45) is -0.828. The molecule has 0 radical (unpaired) electrons. The molecule has 0 saturated carbocycles. The normalized spacial score (nSPS) is 23.8. The van der Waals surface area contributed by atoms with Crippen molar-refractivity contribution < 1.29 is 24.9 Å². The molecule has 0 aliphatic carbocycles. The monoisotopic (exact) mass is 541 g/mol. The lowest BCUT2D eigenvalue weighted by Gasteiger charge is -2.31. The zero-order valence-corrected chi connectivity index (χ0v) is 21.1. The molecule has 2 aromatic heterocycles. The molecule has 3 aromatic rings. The summed E-state index contributed by atoms with van der Waals surface area (Å²) in [5.41, 5.74) is 7.34. The number of hydrogen-bond acceptors (Lipinski definition) is 9. The highest BCUT2D eigenvalue weighted by Gasteiger charge is 2.44. The first-order valence-electron chi connectivity index (χ1n) is 12.3. The Bertz CT molecular complexity index is 1380. The predicted molar refractivity (Wildman–Crippen MR) is 139 cm³/mol. The number of nitrogens with two attached hydrogens (primary N) is 1. The highest BCUT2D eigenvalue weighted by molar-refractivity contribution is 6.30. The minimum Gasteiger partial charge on any atom is -0.394 e. The van der Waals surface area contributed by atoms with Gasteiger partial charge in [0, 0.05) is 30.2 Å². The molecule has 2 aliphatic rings. The van der Waals surface area contributed by atoms with E-state index in [0.717, 1.165) is 12.8 Å². The Morgan fingerprint density at radius 2 is 2.03 bits per heavy atom. The van der Waals surface area contributed by atoms with Gasteiger partial charge >= 0.3 is 6.03 Å². The molecule has 0 spiro atoms. The number of carbonyl (C=O) groups is 1. The van der Waals surface area contributed by atoms with Crippen LogP contribution in [0.25, 0.3) is 11.2 Å². The number of carbonyl (C=O) groups excluding carboxylic acids is 1. The number of aliphatic hydroxyl groups excluding tert-OH is 3. The number of imidazole rings is 1. The third-order valence-electron chi connectivity index (χ3n) is 6.81. The van der Waals surface area contributed by atoms with Gasteiger partial charge in [0.1, 0.15) is 23.8 Å². The van der Waals surface area contributed by atoms with Crippen molar-refractivity contribution in [2.75, 3.05) is 30.7 Å². The van der Waals surface area contributed by atoms with E-state index in [-0.39, 0.29) is 17.7 Å². The smallest absolute Gasteiger partial charge is 0.321 e. The van der Waals surface area contributed by atoms with E-state index in [0.29, 0.717) is 47.3 Å². The van der Waals surface area contributed by atoms with Gasteiger partial charge in [-0.25, -0.2) is 19.7 Å². The second kappa shape index (κ2) is 11.1. The average molecular weight is 542 g/mol. The average Bonchev–Trinajstić information content (AvgIpc) is 3.45. The number of nitrogens with one attached hydrogen (secondary N) is 1. The van der Waals surface area contributed by atoms with Crippen molar-refractivity contribution in [2.24, 2.45) is 5.92 Å². The SMILES string of the molecule is Nc1nc(C#CCC2CCN(C(=O)Nc3cccc(Cl)c3)CC2)nc2c1ncn2C1OC(CO)[C@H](O)[C@@H]1O. The number of piperidine rings is 1. The van der Waals surface area contributed by atoms with Gasteiger partial charge in [-0.2, -0.15) is 0 Å². The highest BCUT2D eigenvalue weighted by Crippen LogP contribution is 2.32. The minimum atomic E-state index is -1.28. The Labute approximate surface area is 223 Å². The van der Waals surface area contributed by atoms with Crippen LogP contribution in [0.1, 0.15) is 31.3 Å². The molecular weight excluding hydrogens is 514 g/mol. The number of halogens is 1.